The van der Waals surface area contributed by atoms with Gasteiger partial charge in [0.25, 0.3) is 0 Å². The number of hydrogen-bond donors (Lipinski definition) is 2. The smallest absolute Gasteiger partial charge is 0.210 e. The number of unbranched alkanes of at least 4 members (excludes halogenated alkanes) is 1. The van der Waals surface area contributed by atoms with Crippen LogP contribution in [-0.4, -0.2) is 42.7 Å². The summed E-state index contributed by atoms with van der Waals surface area (Å²) in [7, 11) is 0. The van der Waals surface area contributed by atoms with Gasteiger partial charge < -0.3 is 15.3 Å². The van der Waals surface area contributed by atoms with E-state index >= 15 is 0 Å². The predicted octanol–water partition coefficient (Wildman–Crippen LogP) is 3.44. The van der Waals surface area contributed by atoms with E-state index in [4.69, 9.17) is 5.11 Å². The third-order valence-electron chi connectivity index (χ3n) is 4.71. The summed E-state index contributed by atoms with van der Waals surface area (Å²) < 4.78 is 27.1. The highest BCUT2D eigenvalue weighted by Gasteiger charge is 2.29. The Morgan fingerprint density at radius 2 is 1.96 bits per heavy atom. The van der Waals surface area contributed by atoms with Crippen molar-refractivity contribution in [3.63, 3.8) is 0 Å². The molecule has 2 N–H and O–H groups in total. The van der Waals surface area contributed by atoms with Crippen LogP contribution in [0.2, 0.25) is 0 Å². The molecule has 0 spiro atoms. The van der Waals surface area contributed by atoms with Crippen molar-refractivity contribution in [1.29, 1.82) is 0 Å². The molecule has 0 saturated heterocycles. The molecule has 1 amide bonds. The number of carbonyl (C=O) groups is 1. The van der Waals surface area contributed by atoms with Crippen LogP contribution < -0.4 is 5.32 Å². The molecule has 3 rings (SSSR count). The van der Waals surface area contributed by atoms with Gasteiger partial charge in [-0.25, -0.2) is 8.78 Å². The fourth-order valence-corrected chi connectivity index (χ4v) is 3.27. The summed E-state index contributed by atoms with van der Waals surface area (Å²) in [5, 5.41) is 11.4. The normalized spacial score (nSPS) is 15.4. The number of nitrogens with one attached hydrogen (secondary N) is 1. The molecular weight excluding hydrogens is 362 g/mol. The number of hydrogen-bond acceptors (Lipinski definition) is 3. The molecule has 0 saturated carbocycles. The highest BCUT2D eigenvalue weighted by molar-refractivity contribution is 5.54. The van der Waals surface area contributed by atoms with Crippen LogP contribution in [0.3, 0.4) is 0 Å². The lowest BCUT2D eigenvalue weighted by Crippen LogP contribution is -2.35. The lowest BCUT2D eigenvalue weighted by atomic mass is 9.88. The minimum Gasteiger partial charge on any atom is -0.395 e. The third kappa shape index (κ3) is 5.84. The van der Waals surface area contributed by atoms with Gasteiger partial charge in [0.05, 0.1) is 12.6 Å². The number of rotatable bonds is 7. The van der Waals surface area contributed by atoms with Crippen LogP contribution in [0.1, 0.15) is 42.5 Å². The number of halogens is 2. The molecule has 2 aromatic rings. The molecule has 2 aromatic carbocycles. The van der Waals surface area contributed by atoms with E-state index in [9.17, 15) is 13.6 Å². The van der Waals surface area contributed by atoms with Crippen molar-refractivity contribution < 1.29 is 18.7 Å². The fourth-order valence-electron chi connectivity index (χ4n) is 3.27. The first kappa shape index (κ1) is 22.0. The summed E-state index contributed by atoms with van der Waals surface area (Å²) in [6, 6.07) is 10.7. The van der Waals surface area contributed by atoms with E-state index in [0.717, 1.165) is 43.1 Å². The molecule has 0 aliphatic carbocycles. The molecule has 1 heterocycles. The summed E-state index contributed by atoms with van der Waals surface area (Å²) in [5.74, 6) is -1.24. The maximum Gasteiger partial charge on any atom is 0.210 e. The highest BCUT2D eigenvalue weighted by Crippen LogP contribution is 2.35. The van der Waals surface area contributed by atoms with Gasteiger partial charge in [-0.15, -0.1) is 0 Å². The van der Waals surface area contributed by atoms with Crippen molar-refractivity contribution in [3.05, 3.63) is 70.8 Å². The molecule has 0 unspecified atom stereocenters. The lowest BCUT2D eigenvalue weighted by molar-refractivity contribution is -0.120. The average molecular weight is 390 g/mol. The molecule has 0 radical (unpaired) electrons. The molecule has 4 nitrogen and oxygen atoms in total. The number of benzene rings is 2. The first-order valence-electron chi connectivity index (χ1n) is 9.67. The van der Waals surface area contributed by atoms with Crippen LogP contribution in [0.5, 0.6) is 0 Å². The van der Waals surface area contributed by atoms with Crippen molar-refractivity contribution in [2.45, 2.75) is 32.2 Å². The summed E-state index contributed by atoms with van der Waals surface area (Å²) in [4.78, 5) is 12.8. The maximum absolute atomic E-state index is 14.1. The average Bonchev–Trinajstić information content (AvgIpc) is 2.71. The Labute approximate surface area is 165 Å². The van der Waals surface area contributed by atoms with Crippen molar-refractivity contribution in [2.75, 3.05) is 26.2 Å². The van der Waals surface area contributed by atoms with Crippen LogP contribution in [0, 0.1) is 11.6 Å². The van der Waals surface area contributed by atoms with E-state index in [1.54, 1.807) is 4.90 Å². The Kier molecular flexibility index (Phi) is 9.04. The van der Waals surface area contributed by atoms with Gasteiger partial charge in [-0.2, -0.15) is 0 Å². The largest absolute Gasteiger partial charge is 0.395 e. The van der Waals surface area contributed by atoms with Gasteiger partial charge in [-0.05, 0) is 36.6 Å². The Balaban J connectivity index is 0.000000300. The second-order valence-electron chi connectivity index (χ2n) is 6.69. The van der Waals surface area contributed by atoms with Gasteiger partial charge in [0.2, 0.25) is 6.41 Å². The minimum absolute atomic E-state index is 0.254. The first-order chi connectivity index (χ1) is 13.6. The van der Waals surface area contributed by atoms with E-state index in [1.807, 2.05) is 24.3 Å². The van der Waals surface area contributed by atoms with Gasteiger partial charge in [0.1, 0.15) is 11.6 Å². The van der Waals surface area contributed by atoms with Crippen LogP contribution in [-0.2, 0) is 11.2 Å². The van der Waals surface area contributed by atoms with Gasteiger partial charge in [0.15, 0.2) is 0 Å². The molecule has 0 fully saturated rings. The van der Waals surface area contributed by atoms with E-state index < -0.39 is 17.7 Å². The zero-order valence-corrected chi connectivity index (χ0v) is 16.2. The third-order valence-corrected chi connectivity index (χ3v) is 4.71. The first-order valence-corrected chi connectivity index (χ1v) is 9.67. The Morgan fingerprint density at radius 1 is 1.18 bits per heavy atom. The van der Waals surface area contributed by atoms with E-state index in [1.165, 1.54) is 25.0 Å². The SMILES string of the molecule is CCCCNCCO.O=CN1CCc2ccccc2[C@@H]1c1ccc(F)cc1F. The van der Waals surface area contributed by atoms with Crippen LogP contribution in [0.25, 0.3) is 0 Å². The fraction of sp³-hybridized carbons (Fsp3) is 0.409. The minimum atomic E-state index is -0.626. The molecule has 1 aliphatic heterocycles. The number of aliphatic hydroxyl groups excluding tert-OH is 1. The van der Waals surface area contributed by atoms with Crippen LogP contribution in [0.4, 0.5) is 8.78 Å². The molecule has 6 heteroatoms. The topological polar surface area (TPSA) is 52.6 Å². The summed E-state index contributed by atoms with van der Waals surface area (Å²) in [6.45, 7) is 4.71. The Morgan fingerprint density at radius 3 is 2.64 bits per heavy atom. The van der Waals surface area contributed by atoms with Crippen LogP contribution >= 0.6 is 0 Å². The van der Waals surface area contributed by atoms with E-state index in [0.29, 0.717) is 12.1 Å². The summed E-state index contributed by atoms with van der Waals surface area (Å²) >= 11 is 0. The molecule has 152 valence electrons. The van der Waals surface area contributed by atoms with Crippen LogP contribution in [0.15, 0.2) is 42.5 Å². The Bertz CT molecular complexity index is 749. The van der Waals surface area contributed by atoms with Crippen molar-refractivity contribution in [3.8, 4) is 0 Å². The van der Waals surface area contributed by atoms with Gasteiger partial charge in [0, 0.05) is 24.7 Å². The molecule has 28 heavy (non-hydrogen) atoms. The second-order valence-corrected chi connectivity index (χ2v) is 6.69. The molecule has 0 aromatic heterocycles. The van der Waals surface area contributed by atoms with Crippen molar-refractivity contribution in [2.24, 2.45) is 0 Å². The number of fused-ring (bicyclic) bond motifs is 1. The monoisotopic (exact) mass is 390 g/mol. The van der Waals surface area contributed by atoms with Crippen molar-refractivity contribution in [1.82, 2.24) is 10.2 Å². The maximum atomic E-state index is 14.1. The zero-order chi connectivity index (χ0) is 20.4. The predicted molar refractivity (Wildman–Crippen MR) is 106 cm³/mol. The number of nitrogens with zero attached hydrogens (tertiary/aromatic N) is 1. The number of aliphatic hydroxyl groups is 1. The molecule has 1 atom stereocenters. The standard InChI is InChI=1S/C16H13F2NO.C6H15NO/c17-12-5-6-14(15(18)9-12)16-13-4-2-1-3-11(13)7-8-19(16)10-20;1-2-3-4-7-5-6-8/h1-6,9-10,16H,7-8H2;7-8H,2-6H2,1H3/t16-;/m1./s1. The van der Waals surface area contributed by atoms with Gasteiger partial charge in [-0.1, -0.05) is 43.7 Å². The Hall–Kier alpha value is -2.31. The molecule has 0 bridgehead atoms. The van der Waals surface area contributed by atoms with Crippen molar-refractivity contribution >= 4 is 6.41 Å². The number of amides is 1. The summed E-state index contributed by atoms with van der Waals surface area (Å²) in [5.41, 5.74) is 2.32. The molecular formula is C22H28F2N2O2. The molecule has 1 aliphatic rings. The highest BCUT2D eigenvalue weighted by atomic mass is 19.1. The summed E-state index contributed by atoms with van der Waals surface area (Å²) in [6.07, 6.45) is 3.90. The van der Waals surface area contributed by atoms with E-state index in [-0.39, 0.29) is 6.61 Å². The second kappa shape index (κ2) is 11.5. The van der Waals surface area contributed by atoms with E-state index in [2.05, 4.69) is 12.2 Å². The lowest BCUT2D eigenvalue weighted by Gasteiger charge is -2.35. The van der Waals surface area contributed by atoms with Gasteiger partial charge >= 0.3 is 0 Å². The zero-order valence-electron chi connectivity index (χ0n) is 16.2. The van der Waals surface area contributed by atoms with Gasteiger partial charge in [-0.3, -0.25) is 4.79 Å². The quantitative estimate of drug-likeness (QED) is 0.563. The number of carbonyl (C=O) groups excluding carboxylic acids is 1.